The number of hydrogen-bond donors (Lipinski definition) is 1. The smallest absolute Gasteiger partial charge is 0.307 e. The van der Waals surface area contributed by atoms with Gasteiger partial charge in [0.25, 0.3) is 0 Å². The molecule has 3 heteroatoms. The first kappa shape index (κ1) is 19.2. The lowest BCUT2D eigenvalue weighted by atomic mass is 9.62. The van der Waals surface area contributed by atoms with Crippen LogP contribution in [-0.2, 0) is 4.79 Å². The molecular formula is C25H31NO2. The summed E-state index contributed by atoms with van der Waals surface area (Å²) in [6.07, 6.45) is 6.35. The van der Waals surface area contributed by atoms with Gasteiger partial charge in [0.05, 0.1) is 5.92 Å². The summed E-state index contributed by atoms with van der Waals surface area (Å²) in [7, 11) is 0. The van der Waals surface area contributed by atoms with Crippen molar-refractivity contribution in [1.82, 2.24) is 4.90 Å². The van der Waals surface area contributed by atoms with Crippen LogP contribution in [-0.4, -0.2) is 35.6 Å². The van der Waals surface area contributed by atoms with E-state index in [-0.39, 0.29) is 11.3 Å². The van der Waals surface area contributed by atoms with Gasteiger partial charge in [-0.15, -0.1) is 0 Å². The molecule has 2 atom stereocenters. The lowest BCUT2D eigenvalue weighted by molar-refractivity contribution is -0.151. The van der Waals surface area contributed by atoms with E-state index in [0.717, 1.165) is 51.7 Å². The minimum Gasteiger partial charge on any atom is -0.481 e. The molecule has 2 aliphatic rings. The van der Waals surface area contributed by atoms with Crippen LogP contribution in [0.5, 0.6) is 0 Å². The fourth-order valence-electron chi connectivity index (χ4n) is 5.63. The second-order valence-corrected chi connectivity index (χ2v) is 8.71. The maximum atomic E-state index is 12.0. The molecule has 1 heterocycles. The van der Waals surface area contributed by atoms with Crippen LogP contribution in [0, 0.1) is 11.3 Å². The molecule has 2 aromatic carbocycles. The van der Waals surface area contributed by atoms with E-state index in [9.17, 15) is 9.90 Å². The average molecular weight is 378 g/mol. The number of nitrogens with zero attached hydrogens (tertiary/aromatic N) is 1. The van der Waals surface area contributed by atoms with Crippen LogP contribution in [0.2, 0.25) is 0 Å². The molecule has 1 aliphatic heterocycles. The van der Waals surface area contributed by atoms with Crippen molar-refractivity contribution in [2.24, 2.45) is 11.3 Å². The minimum absolute atomic E-state index is 0.0275. The molecule has 2 aromatic rings. The summed E-state index contributed by atoms with van der Waals surface area (Å²) in [5.74, 6) is -0.426. The molecule has 4 rings (SSSR count). The standard InChI is InChI=1S/C25H31NO2/c27-24(28)23-14-7-8-15-25(23)16-9-17-26(19-25)18-22(20-10-3-1-4-11-20)21-12-5-2-6-13-21/h1-6,10-13,22-23H,7-9,14-19H2,(H,27,28)/t23-,25-/m0/s1. The number of piperidine rings is 1. The average Bonchev–Trinajstić information content (AvgIpc) is 2.73. The Morgan fingerprint density at radius 2 is 1.57 bits per heavy atom. The fourth-order valence-corrected chi connectivity index (χ4v) is 5.63. The highest BCUT2D eigenvalue weighted by atomic mass is 16.4. The van der Waals surface area contributed by atoms with Gasteiger partial charge < -0.3 is 10.0 Å². The van der Waals surface area contributed by atoms with Crippen molar-refractivity contribution < 1.29 is 9.90 Å². The topological polar surface area (TPSA) is 40.5 Å². The molecule has 0 aromatic heterocycles. The Labute approximate surface area is 168 Å². The summed E-state index contributed by atoms with van der Waals surface area (Å²) >= 11 is 0. The first-order chi connectivity index (χ1) is 13.7. The number of aliphatic carboxylic acids is 1. The van der Waals surface area contributed by atoms with Gasteiger partial charge in [-0.1, -0.05) is 73.5 Å². The van der Waals surface area contributed by atoms with Crippen molar-refractivity contribution >= 4 is 5.97 Å². The zero-order valence-electron chi connectivity index (χ0n) is 16.6. The molecule has 148 valence electrons. The van der Waals surface area contributed by atoms with Gasteiger partial charge >= 0.3 is 5.97 Å². The summed E-state index contributed by atoms with van der Waals surface area (Å²) in [5, 5.41) is 9.86. The van der Waals surface area contributed by atoms with Crippen LogP contribution < -0.4 is 0 Å². The summed E-state index contributed by atoms with van der Waals surface area (Å²) < 4.78 is 0. The SMILES string of the molecule is O=C(O)[C@@H]1CCCC[C@@]12CCCN(CC(c1ccccc1)c1ccccc1)C2. The number of carbonyl (C=O) groups is 1. The maximum Gasteiger partial charge on any atom is 0.307 e. The largest absolute Gasteiger partial charge is 0.481 e. The van der Waals surface area contributed by atoms with E-state index in [1.807, 2.05) is 0 Å². The fraction of sp³-hybridized carbons (Fsp3) is 0.480. The molecule has 2 fully saturated rings. The van der Waals surface area contributed by atoms with Crippen molar-refractivity contribution in [2.45, 2.75) is 44.4 Å². The number of benzene rings is 2. The second kappa shape index (κ2) is 8.48. The third-order valence-corrected chi connectivity index (χ3v) is 6.99. The lowest BCUT2D eigenvalue weighted by Gasteiger charge is -2.49. The normalized spacial score (nSPS) is 25.8. The number of rotatable bonds is 5. The van der Waals surface area contributed by atoms with E-state index >= 15 is 0 Å². The molecule has 0 radical (unpaired) electrons. The first-order valence-corrected chi connectivity index (χ1v) is 10.7. The Bertz CT molecular complexity index is 732. The van der Waals surface area contributed by atoms with Crippen LogP contribution in [0.25, 0.3) is 0 Å². The predicted octanol–water partition coefficient (Wildman–Crippen LogP) is 5.18. The highest BCUT2D eigenvalue weighted by Gasteiger charge is 2.47. The minimum atomic E-state index is -0.579. The summed E-state index contributed by atoms with van der Waals surface area (Å²) in [4.78, 5) is 14.5. The van der Waals surface area contributed by atoms with Crippen LogP contribution in [0.3, 0.4) is 0 Å². The number of likely N-dealkylation sites (tertiary alicyclic amines) is 1. The van der Waals surface area contributed by atoms with Crippen LogP contribution in [0.4, 0.5) is 0 Å². The molecule has 3 nitrogen and oxygen atoms in total. The Kier molecular flexibility index (Phi) is 5.82. The van der Waals surface area contributed by atoms with Gasteiger partial charge in [-0.25, -0.2) is 0 Å². The van der Waals surface area contributed by atoms with Gasteiger partial charge in [0, 0.05) is 19.0 Å². The predicted molar refractivity (Wildman–Crippen MR) is 112 cm³/mol. The molecule has 0 unspecified atom stereocenters. The molecular weight excluding hydrogens is 346 g/mol. The number of carboxylic acids is 1. The van der Waals surface area contributed by atoms with Crippen molar-refractivity contribution in [3.8, 4) is 0 Å². The van der Waals surface area contributed by atoms with Gasteiger partial charge in [0.15, 0.2) is 0 Å². The third-order valence-electron chi connectivity index (χ3n) is 6.99. The Morgan fingerprint density at radius 3 is 2.18 bits per heavy atom. The van der Waals surface area contributed by atoms with Gasteiger partial charge in [-0.05, 0) is 48.8 Å². The number of hydrogen-bond acceptors (Lipinski definition) is 2. The van der Waals surface area contributed by atoms with Gasteiger partial charge in [-0.2, -0.15) is 0 Å². The first-order valence-electron chi connectivity index (χ1n) is 10.7. The zero-order chi connectivity index (χ0) is 19.4. The van der Waals surface area contributed by atoms with Crippen LogP contribution in [0.1, 0.15) is 55.6 Å². The molecule has 1 spiro atoms. The molecule has 1 N–H and O–H groups in total. The number of carboxylic acid groups (broad SMARTS) is 1. The van der Waals surface area contributed by atoms with Crippen LogP contribution in [0.15, 0.2) is 60.7 Å². The maximum absolute atomic E-state index is 12.0. The van der Waals surface area contributed by atoms with Crippen molar-refractivity contribution in [3.63, 3.8) is 0 Å². The monoisotopic (exact) mass is 377 g/mol. The molecule has 1 saturated heterocycles. The zero-order valence-corrected chi connectivity index (χ0v) is 16.6. The van der Waals surface area contributed by atoms with E-state index in [4.69, 9.17) is 0 Å². The second-order valence-electron chi connectivity index (χ2n) is 8.71. The highest BCUT2D eigenvalue weighted by molar-refractivity contribution is 5.71. The quantitative estimate of drug-likeness (QED) is 0.781. The molecule has 1 aliphatic carbocycles. The Hall–Kier alpha value is -2.13. The van der Waals surface area contributed by atoms with Gasteiger partial charge in [-0.3, -0.25) is 4.79 Å². The van der Waals surface area contributed by atoms with E-state index < -0.39 is 5.97 Å². The summed E-state index contributed by atoms with van der Waals surface area (Å²) in [5.41, 5.74) is 2.65. The Balaban J connectivity index is 1.58. The molecule has 28 heavy (non-hydrogen) atoms. The molecule has 1 saturated carbocycles. The van der Waals surface area contributed by atoms with Crippen molar-refractivity contribution in [3.05, 3.63) is 71.8 Å². The Morgan fingerprint density at radius 1 is 0.964 bits per heavy atom. The lowest BCUT2D eigenvalue weighted by Crippen LogP contribution is -2.51. The summed E-state index contributed by atoms with van der Waals surface area (Å²) in [6, 6.07) is 21.5. The third kappa shape index (κ3) is 4.00. The highest BCUT2D eigenvalue weighted by Crippen LogP contribution is 2.48. The van der Waals surface area contributed by atoms with E-state index in [0.29, 0.717) is 5.92 Å². The van der Waals surface area contributed by atoms with Crippen molar-refractivity contribution in [2.75, 3.05) is 19.6 Å². The van der Waals surface area contributed by atoms with Crippen molar-refractivity contribution in [1.29, 1.82) is 0 Å². The molecule has 0 amide bonds. The molecule has 0 bridgehead atoms. The van der Waals surface area contributed by atoms with E-state index in [2.05, 4.69) is 65.6 Å². The van der Waals surface area contributed by atoms with Gasteiger partial charge in [0.2, 0.25) is 0 Å². The van der Waals surface area contributed by atoms with E-state index in [1.165, 1.54) is 17.5 Å². The summed E-state index contributed by atoms with van der Waals surface area (Å²) in [6.45, 7) is 2.96. The van der Waals surface area contributed by atoms with Crippen LogP contribution >= 0.6 is 0 Å². The van der Waals surface area contributed by atoms with Gasteiger partial charge in [0.1, 0.15) is 0 Å². The van der Waals surface area contributed by atoms with E-state index in [1.54, 1.807) is 0 Å².